The number of ether oxygens (including phenoxy) is 1. The van der Waals surface area contributed by atoms with Gasteiger partial charge in [-0.2, -0.15) is 0 Å². The van der Waals surface area contributed by atoms with Crippen LogP contribution in [0, 0.1) is 0 Å². The zero-order valence-corrected chi connectivity index (χ0v) is 8.99. The van der Waals surface area contributed by atoms with Crippen LogP contribution in [0.5, 0.6) is 0 Å². The normalized spacial score (nSPS) is 52.6. The third kappa shape index (κ3) is 1.86. The van der Waals surface area contributed by atoms with Crippen LogP contribution in [0.4, 0.5) is 0 Å². The van der Waals surface area contributed by atoms with Crippen molar-refractivity contribution < 1.29 is 20.1 Å². The molecule has 1 unspecified atom stereocenters. The number of hydrogen-bond acceptors (Lipinski definition) is 4. The standard InChI is InChI=1S/C6H11O4.Sn/c1-3-5(8)6(9)4(7)2-10-3;/h2-9H,1H3;/t3-,4+,5+,6-;/m0./s1. The van der Waals surface area contributed by atoms with Crippen molar-refractivity contribution in [1.82, 2.24) is 0 Å². The third-order valence-corrected chi connectivity index (χ3v) is 3.22. The van der Waals surface area contributed by atoms with Gasteiger partial charge in [0, 0.05) is 0 Å². The van der Waals surface area contributed by atoms with E-state index >= 15 is 0 Å². The van der Waals surface area contributed by atoms with Crippen molar-refractivity contribution in [2.45, 2.75) is 35.5 Å². The SMILES string of the molecule is C[C@@H]1O[CH]([Sn])[C@@H](O)[C@H](O)[C@@H]1O. The van der Waals surface area contributed by atoms with E-state index in [0.29, 0.717) is 0 Å². The summed E-state index contributed by atoms with van der Waals surface area (Å²) in [6, 6.07) is 0. The predicted molar refractivity (Wildman–Crippen MR) is 38.1 cm³/mol. The molecule has 0 aromatic rings. The van der Waals surface area contributed by atoms with E-state index in [1.54, 1.807) is 6.92 Å². The Morgan fingerprint density at radius 2 is 1.64 bits per heavy atom. The van der Waals surface area contributed by atoms with Gasteiger partial charge in [0.05, 0.1) is 0 Å². The molecule has 1 heterocycles. The van der Waals surface area contributed by atoms with Crippen molar-refractivity contribution in [2.24, 2.45) is 0 Å². The van der Waals surface area contributed by atoms with Crippen LogP contribution in [0.2, 0.25) is 0 Å². The topological polar surface area (TPSA) is 69.9 Å². The van der Waals surface area contributed by atoms with Crippen molar-refractivity contribution >= 4 is 22.5 Å². The summed E-state index contributed by atoms with van der Waals surface area (Å²) in [5, 5.41) is 27.7. The van der Waals surface area contributed by atoms with Crippen molar-refractivity contribution in [2.75, 3.05) is 0 Å². The molecular formula is C6H11O4Sn. The van der Waals surface area contributed by atoms with E-state index in [9.17, 15) is 15.3 Å². The van der Waals surface area contributed by atoms with Gasteiger partial charge in [-0.05, 0) is 0 Å². The van der Waals surface area contributed by atoms with Crippen molar-refractivity contribution in [3.8, 4) is 0 Å². The molecule has 5 heteroatoms. The second-order valence-corrected chi connectivity index (χ2v) is 4.36. The molecule has 1 fully saturated rings. The second kappa shape index (κ2) is 3.57. The van der Waals surface area contributed by atoms with Gasteiger partial charge in [-0.15, -0.1) is 0 Å². The van der Waals surface area contributed by atoms with E-state index in [1.807, 2.05) is 0 Å². The fourth-order valence-electron chi connectivity index (χ4n) is 1.05. The zero-order chi connectivity index (χ0) is 8.59. The van der Waals surface area contributed by atoms with Crippen LogP contribution in [0.1, 0.15) is 6.92 Å². The zero-order valence-electron chi connectivity index (χ0n) is 6.14. The van der Waals surface area contributed by atoms with Gasteiger partial charge in [0.15, 0.2) is 0 Å². The Morgan fingerprint density at radius 1 is 1.09 bits per heavy atom. The molecule has 3 radical (unpaired) electrons. The van der Waals surface area contributed by atoms with Gasteiger partial charge in [0.2, 0.25) is 0 Å². The van der Waals surface area contributed by atoms with E-state index in [1.165, 1.54) is 0 Å². The number of hydrogen-bond donors (Lipinski definition) is 3. The Hall–Kier alpha value is 0.639. The van der Waals surface area contributed by atoms with E-state index in [0.717, 1.165) is 22.5 Å². The van der Waals surface area contributed by atoms with E-state index in [2.05, 4.69) is 0 Å². The molecule has 11 heavy (non-hydrogen) atoms. The van der Waals surface area contributed by atoms with Crippen LogP contribution in [-0.2, 0) is 4.74 Å². The van der Waals surface area contributed by atoms with E-state index in [4.69, 9.17) is 4.74 Å². The first kappa shape index (κ1) is 9.72. The summed E-state index contributed by atoms with van der Waals surface area (Å²) in [4.78, 5) is 0. The Morgan fingerprint density at radius 3 is 2.18 bits per heavy atom. The molecule has 1 aliphatic rings. The molecule has 0 spiro atoms. The molecule has 0 aliphatic carbocycles. The molecule has 1 saturated heterocycles. The van der Waals surface area contributed by atoms with Gasteiger partial charge in [-0.25, -0.2) is 0 Å². The van der Waals surface area contributed by atoms with Gasteiger partial charge < -0.3 is 0 Å². The predicted octanol–water partition coefficient (Wildman–Crippen LogP) is -2.02. The minimum absolute atomic E-state index is 0.324. The second-order valence-electron chi connectivity index (χ2n) is 2.73. The summed E-state index contributed by atoms with van der Waals surface area (Å²) in [6.07, 6.45) is -3.37. The monoisotopic (exact) mass is 267 g/mol. The Kier molecular flexibility index (Phi) is 3.16. The molecule has 1 aliphatic heterocycles. The fourth-order valence-corrected chi connectivity index (χ4v) is 2.23. The summed E-state index contributed by atoms with van der Waals surface area (Å²) in [5.41, 5.74) is 0. The molecule has 0 saturated carbocycles. The molecular weight excluding hydrogens is 255 g/mol. The third-order valence-electron chi connectivity index (χ3n) is 1.85. The van der Waals surface area contributed by atoms with Crippen LogP contribution in [-0.4, -0.2) is 66.4 Å². The molecule has 5 atom stereocenters. The van der Waals surface area contributed by atoms with Crippen molar-refractivity contribution in [3.63, 3.8) is 0 Å². The van der Waals surface area contributed by atoms with Gasteiger partial charge in [-0.3, -0.25) is 0 Å². The van der Waals surface area contributed by atoms with Crippen molar-refractivity contribution in [3.05, 3.63) is 0 Å². The molecule has 0 aromatic heterocycles. The first-order chi connectivity index (χ1) is 5.04. The molecule has 0 amide bonds. The van der Waals surface area contributed by atoms with E-state index < -0.39 is 24.4 Å². The van der Waals surface area contributed by atoms with Crippen molar-refractivity contribution in [1.29, 1.82) is 0 Å². The Balaban J connectivity index is 2.63. The quantitative estimate of drug-likeness (QED) is 0.443. The number of aliphatic hydroxyl groups is 3. The van der Waals surface area contributed by atoms with Crippen LogP contribution in [0.25, 0.3) is 0 Å². The number of aliphatic hydroxyl groups excluding tert-OH is 3. The number of rotatable bonds is 0. The molecule has 0 bridgehead atoms. The minimum atomic E-state index is -1.07. The summed E-state index contributed by atoms with van der Waals surface area (Å²) in [6.45, 7) is 1.68. The molecule has 1 rings (SSSR count). The summed E-state index contributed by atoms with van der Waals surface area (Å²) >= 11 is 1.01. The fraction of sp³-hybridized carbons (Fsp3) is 1.00. The van der Waals surface area contributed by atoms with Gasteiger partial charge >= 0.3 is 78.0 Å². The molecule has 63 valence electrons. The molecule has 0 aromatic carbocycles. The Bertz CT molecular complexity index is 129. The van der Waals surface area contributed by atoms with Gasteiger partial charge in [0.1, 0.15) is 0 Å². The van der Waals surface area contributed by atoms with Gasteiger partial charge in [-0.1, -0.05) is 0 Å². The van der Waals surface area contributed by atoms with Crippen LogP contribution >= 0.6 is 0 Å². The first-order valence-electron chi connectivity index (χ1n) is 3.45. The summed E-state index contributed by atoms with van der Waals surface area (Å²) < 4.78 is 4.84. The van der Waals surface area contributed by atoms with E-state index in [-0.39, 0.29) is 4.12 Å². The summed E-state index contributed by atoms with van der Waals surface area (Å²) in [7, 11) is 0. The van der Waals surface area contributed by atoms with Gasteiger partial charge in [0.25, 0.3) is 0 Å². The molecule has 4 nitrogen and oxygen atoms in total. The maximum absolute atomic E-state index is 9.22. The molecule has 3 N–H and O–H groups in total. The maximum atomic E-state index is 9.22. The summed E-state index contributed by atoms with van der Waals surface area (Å²) in [5.74, 6) is 0. The van der Waals surface area contributed by atoms with Crippen LogP contribution in [0.3, 0.4) is 0 Å². The average molecular weight is 266 g/mol. The average Bonchev–Trinajstić information content (AvgIpc) is 1.97. The first-order valence-corrected chi connectivity index (χ1v) is 5.09. The van der Waals surface area contributed by atoms with Crippen LogP contribution < -0.4 is 0 Å². The van der Waals surface area contributed by atoms with Crippen LogP contribution in [0.15, 0.2) is 0 Å². The Labute approximate surface area is 78.3 Å².